The Morgan fingerprint density at radius 3 is 2.24 bits per heavy atom. The molecule has 0 bridgehead atoms. The Hall–Kier alpha value is -2.27. The van der Waals surface area contributed by atoms with E-state index in [2.05, 4.69) is 4.98 Å². The first-order chi connectivity index (χ1) is 10.2. The quantitative estimate of drug-likeness (QED) is 0.883. The molecule has 0 aliphatic heterocycles. The summed E-state index contributed by atoms with van der Waals surface area (Å²) in [4.78, 5) is 4.30. The summed E-state index contributed by atoms with van der Waals surface area (Å²) in [6.45, 7) is 0. The molecule has 0 amide bonds. The molecule has 1 aromatic carbocycles. The van der Waals surface area contributed by atoms with Gasteiger partial charge in [0.2, 0.25) is 0 Å². The number of nitrogens with zero attached hydrogens (tertiary/aromatic N) is 1. The summed E-state index contributed by atoms with van der Waals surface area (Å²) >= 11 is 0. The minimum Gasteiger partial charge on any atom is -0.496 e. The van der Waals surface area contributed by atoms with Crippen LogP contribution >= 0.6 is 0 Å². The highest BCUT2D eigenvalue weighted by Gasteiger charge is 2.17. The van der Waals surface area contributed by atoms with Crippen molar-refractivity contribution in [1.29, 1.82) is 0 Å². The van der Waals surface area contributed by atoms with Crippen LogP contribution in [0, 0.1) is 0 Å². The van der Waals surface area contributed by atoms with Gasteiger partial charge in [-0.25, -0.2) is 0 Å². The topological polar surface area (TPSA) is 66.6 Å². The molecule has 5 heteroatoms. The third-order valence-corrected chi connectivity index (χ3v) is 3.29. The van der Waals surface area contributed by atoms with E-state index in [4.69, 9.17) is 19.9 Å². The van der Waals surface area contributed by atoms with Gasteiger partial charge < -0.3 is 19.9 Å². The summed E-state index contributed by atoms with van der Waals surface area (Å²) in [5.74, 6) is 1.92. The number of hydrogen-bond donors (Lipinski definition) is 1. The van der Waals surface area contributed by atoms with Gasteiger partial charge in [-0.2, -0.15) is 0 Å². The number of methoxy groups -OCH3 is 3. The molecule has 2 aromatic rings. The van der Waals surface area contributed by atoms with Gasteiger partial charge in [-0.1, -0.05) is 6.07 Å². The lowest BCUT2D eigenvalue weighted by Gasteiger charge is -2.18. The number of ether oxygens (including phenoxy) is 3. The van der Waals surface area contributed by atoms with Crippen molar-refractivity contribution in [2.75, 3.05) is 21.3 Å². The molecule has 112 valence electrons. The summed E-state index contributed by atoms with van der Waals surface area (Å²) < 4.78 is 16.0. The lowest BCUT2D eigenvalue weighted by Crippen LogP contribution is -2.15. The molecule has 0 aliphatic carbocycles. The molecule has 0 fully saturated rings. The fourth-order valence-corrected chi connectivity index (χ4v) is 2.20. The van der Waals surface area contributed by atoms with Crippen LogP contribution in [0.5, 0.6) is 17.2 Å². The monoisotopic (exact) mass is 288 g/mol. The van der Waals surface area contributed by atoms with E-state index in [0.29, 0.717) is 23.7 Å². The van der Waals surface area contributed by atoms with Crippen LogP contribution < -0.4 is 19.9 Å². The van der Waals surface area contributed by atoms with E-state index in [1.165, 1.54) is 0 Å². The zero-order chi connectivity index (χ0) is 15.2. The number of rotatable bonds is 6. The average Bonchev–Trinajstić information content (AvgIpc) is 2.54. The van der Waals surface area contributed by atoms with Crippen molar-refractivity contribution in [3.63, 3.8) is 0 Å². The molecule has 0 spiro atoms. The predicted molar refractivity (Wildman–Crippen MR) is 81.0 cm³/mol. The molecular weight excluding hydrogens is 268 g/mol. The van der Waals surface area contributed by atoms with Crippen LogP contribution in [0.15, 0.2) is 36.5 Å². The fourth-order valence-electron chi connectivity index (χ4n) is 2.20. The van der Waals surface area contributed by atoms with Crippen LogP contribution in [-0.2, 0) is 6.42 Å². The molecule has 5 nitrogen and oxygen atoms in total. The van der Waals surface area contributed by atoms with E-state index in [0.717, 1.165) is 11.3 Å². The van der Waals surface area contributed by atoms with E-state index < -0.39 is 0 Å². The largest absolute Gasteiger partial charge is 0.496 e. The van der Waals surface area contributed by atoms with E-state index >= 15 is 0 Å². The summed E-state index contributed by atoms with van der Waals surface area (Å²) in [6.07, 6.45) is 2.38. The van der Waals surface area contributed by atoms with Gasteiger partial charge in [0.05, 0.1) is 21.3 Å². The zero-order valence-corrected chi connectivity index (χ0v) is 12.5. The number of nitrogens with two attached hydrogens (primary N) is 1. The molecule has 1 heterocycles. The highest BCUT2D eigenvalue weighted by molar-refractivity contribution is 5.52. The molecule has 1 aromatic heterocycles. The van der Waals surface area contributed by atoms with Crippen LogP contribution in [0.2, 0.25) is 0 Å². The molecular formula is C16H20N2O3. The minimum absolute atomic E-state index is 0.241. The van der Waals surface area contributed by atoms with E-state index in [1.54, 1.807) is 33.6 Å². The van der Waals surface area contributed by atoms with Gasteiger partial charge in [-0.15, -0.1) is 0 Å². The summed E-state index contributed by atoms with van der Waals surface area (Å²) in [5, 5.41) is 0. The van der Waals surface area contributed by atoms with Crippen molar-refractivity contribution in [3.05, 3.63) is 47.8 Å². The van der Waals surface area contributed by atoms with Crippen LogP contribution in [0.3, 0.4) is 0 Å². The highest BCUT2D eigenvalue weighted by Crippen LogP contribution is 2.37. The Kier molecular flexibility index (Phi) is 5.00. The third kappa shape index (κ3) is 3.44. The van der Waals surface area contributed by atoms with E-state index in [1.807, 2.05) is 24.3 Å². The molecule has 2 N–H and O–H groups in total. The molecule has 21 heavy (non-hydrogen) atoms. The molecule has 1 atom stereocenters. The maximum absolute atomic E-state index is 6.30. The zero-order valence-electron chi connectivity index (χ0n) is 12.5. The van der Waals surface area contributed by atoms with Crippen LogP contribution in [0.1, 0.15) is 17.3 Å². The van der Waals surface area contributed by atoms with Crippen molar-refractivity contribution in [2.45, 2.75) is 12.5 Å². The highest BCUT2D eigenvalue weighted by atomic mass is 16.5. The second-order valence-electron chi connectivity index (χ2n) is 4.58. The first-order valence-electron chi connectivity index (χ1n) is 6.65. The third-order valence-electron chi connectivity index (χ3n) is 3.29. The Balaban J connectivity index is 2.33. The van der Waals surface area contributed by atoms with Crippen molar-refractivity contribution in [3.8, 4) is 17.2 Å². The average molecular weight is 288 g/mol. The van der Waals surface area contributed by atoms with Crippen LogP contribution in [0.25, 0.3) is 0 Å². The van der Waals surface area contributed by atoms with Crippen molar-refractivity contribution < 1.29 is 14.2 Å². The molecule has 1 unspecified atom stereocenters. The second-order valence-corrected chi connectivity index (χ2v) is 4.58. The normalized spacial score (nSPS) is 11.8. The van der Waals surface area contributed by atoms with Crippen molar-refractivity contribution in [2.24, 2.45) is 5.73 Å². The lowest BCUT2D eigenvalue weighted by atomic mass is 10.0. The number of aromatic nitrogens is 1. The second kappa shape index (κ2) is 6.95. The van der Waals surface area contributed by atoms with Gasteiger partial charge in [0, 0.05) is 36.0 Å². The number of benzene rings is 1. The summed E-state index contributed by atoms with van der Waals surface area (Å²) in [5.41, 5.74) is 8.10. The fraction of sp³-hybridized carbons (Fsp3) is 0.312. The molecule has 0 saturated carbocycles. The first-order valence-corrected chi connectivity index (χ1v) is 6.65. The van der Waals surface area contributed by atoms with Gasteiger partial charge in [0.25, 0.3) is 0 Å². The Labute approximate surface area is 124 Å². The SMILES string of the molecule is COc1cc(OC)c(C(N)Cc2ccccn2)cc1OC. The molecule has 2 rings (SSSR count). The minimum atomic E-state index is -0.241. The smallest absolute Gasteiger partial charge is 0.164 e. The maximum atomic E-state index is 6.30. The Bertz CT molecular complexity index is 588. The predicted octanol–water partition coefficient (Wildman–Crippen LogP) is 2.35. The van der Waals surface area contributed by atoms with Gasteiger partial charge in [-0.3, -0.25) is 4.98 Å². The van der Waals surface area contributed by atoms with Gasteiger partial charge in [0.15, 0.2) is 11.5 Å². The van der Waals surface area contributed by atoms with Crippen LogP contribution in [0.4, 0.5) is 0 Å². The van der Waals surface area contributed by atoms with Gasteiger partial charge >= 0.3 is 0 Å². The maximum Gasteiger partial charge on any atom is 0.164 e. The van der Waals surface area contributed by atoms with Gasteiger partial charge in [-0.05, 0) is 18.2 Å². The first kappa shape index (κ1) is 15.1. The van der Waals surface area contributed by atoms with Crippen molar-refractivity contribution >= 4 is 0 Å². The molecule has 0 radical (unpaired) electrons. The van der Waals surface area contributed by atoms with E-state index in [9.17, 15) is 0 Å². The molecule has 0 aliphatic rings. The van der Waals surface area contributed by atoms with Gasteiger partial charge in [0.1, 0.15) is 5.75 Å². The van der Waals surface area contributed by atoms with E-state index in [-0.39, 0.29) is 6.04 Å². The standard InChI is InChI=1S/C16H20N2O3/c1-19-14-10-16(21-3)15(20-2)9-12(14)13(17)8-11-6-4-5-7-18-11/h4-7,9-10,13H,8,17H2,1-3H3. The lowest BCUT2D eigenvalue weighted by molar-refractivity contribution is 0.346. The number of hydrogen-bond acceptors (Lipinski definition) is 5. The number of pyridine rings is 1. The summed E-state index contributed by atoms with van der Waals surface area (Å²) in [7, 11) is 4.79. The van der Waals surface area contributed by atoms with Crippen LogP contribution in [-0.4, -0.2) is 26.3 Å². The Morgan fingerprint density at radius 2 is 1.67 bits per heavy atom. The van der Waals surface area contributed by atoms with Crippen molar-refractivity contribution in [1.82, 2.24) is 4.98 Å². The Morgan fingerprint density at radius 1 is 1.00 bits per heavy atom. The molecule has 0 saturated heterocycles. The summed E-state index contributed by atoms with van der Waals surface area (Å²) in [6, 6.07) is 9.17.